The monoisotopic (exact) mass is 822 g/mol. The normalized spacial score (nSPS) is 18.1. The van der Waals surface area contributed by atoms with Crippen LogP contribution < -0.4 is 0 Å². The number of carbonyl (C=O) groups is 3. The van der Waals surface area contributed by atoms with Gasteiger partial charge in [-0.05, 0) is 64.8 Å². The van der Waals surface area contributed by atoms with Crippen molar-refractivity contribution in [2.24, 2.45) is 5.92 Å². The van der Waals surface area contributed by atoms with Crippen LogP contribution in [0.4, 0.5) is 0 Å². The van der Waals surface area contributed by atoms with Gasteiger partial charge < -0.3 is 28.8 Å². The molecule has 0 spiro atoms. The molecule has 1 aliphatic heterocycles. The molecule has 1 rings (SSSR count). The van der Waals surface area contributed by atoms with Gasteiger partial charge in [0.25, 0.3) is 0 Å². The van der Waals surface area contributed by atoms with Crippen LogP contribution in [0.25, 0.3) is 0 Å². The first-order valence-electron chi connectivity index (χ1n) is 23.7. The van der Waals surface area contributed by atoms with E-state index in [0.717, 1.165) is 70.6 Å². The first kappa shape index (κ1) is 53.7. The number of morpholine rings is 1. The summed E-state index contributed by atoms with van der Waals surface area (Å²) in [6, 6.07) is 0. The van der Waals surface area contributed by atoms with Crippen molar-refractivity contribution in [3.8, 4) is 0 Å². The summed E-state index contributed by atoms with van der Waals surface area (Å²) in [5, 5.41) is 10.7. The van der Waals surface area contributed by atoms with E-state index in [1.54, 1.807) is 11.9 Å². The zero-order chi connectivity index (χ0) is 42.5. The fourth-order valence-corrected chi connectivity index (χ4v) is 7.43. The molecule has 0 radical (unpaired) electrons. The molecular formula is C48H87NO9. The van der Waals surface area contributed by atoms with Crippen LogP contribution in [0.15, 0.2) is 24.3 Å². The highest BCUT2D eigenvalue weighted by Gasteiger charge is 2.59. The van der Waals surface area contributed by atoms with Gasteiger partial charge in [-0.2, -0.15) is 0 Å². The Balaban J connectivity index is 2.65. The number of esters is 2. The summed E-state index contributed by atoms with van der Waals surface area (Å²) in [4.78, 5) is 41.0. The van der Waals surface area contributed by atoms with E-state index in [1.165, 1.54) is 77.0 Å². The predicted molar refractivity (Wildman–Crippen MR) is 235 cm³/mol. The number of rotatable bonds is 39. The predicted octanol–water partition coefficient (Wildman–Crippen LogP) is 11.9. The van der Waals surface area contributed by atoms with Crippen molar-refractivity contribution in [1.29, 1.82) is 0 Å². The SMILES string of the molecule is CCCCC/C=C\C/C=C\CCCCCCCC(=O)OCC(CC)C1(C(=O)O)OCCN(C)C1OC(=O)CCC(OCCCCCCCC)OCCCCCCCC. The number of carbonyl (C=O) groups excluding carboxylic acids is 2. The highest BCUT2D eigenvalue weighted by molar-refractivity contribution is 5.80. The van der Waals surface area contributed by atoms with Crippen molar-refractivity contribution in [3.63, 3.8) is 0 Å². The Morgan fingerprint density at radius 1 is 0.690 bits per heavy atom. The van der Waals surface area contributed by atoms with Gasteiger partial charge >= 0.3 is 17.9 Å². The number of allylic oxidation sites excluding steroid dienone is 4. The molecule has 10 heteroatoms. The molecule has 338 valence electrons. The number of nitrogens with zero attached hydrogens (tertiary/aromatic N) is 1. The number of likely N-dealkylation sites (N-methyl/N-ethyl adjacent to an activating group) is 1. The molecule has 0 bridgehead atoms. The number of carboxylic acid groups (broad SMARTS) is 1. The van der Waals surface area contributed by atoms with Gasteiger partial charge in [0.2, 0.25) is 5.60 Å². The van der Waals surface area contributed by atoms with E-state index in [-0.39, 0.29) is 32.0 Å². The molecule has 3 atom stereocenters. The van der Waals surface area contributed by atoms with E-state index in [1.807, 2.05) is 6.92 Å². The summed E-state index contributed by atoms with van der Waals surface area (Å²) in [7, 11) is 1.73. The van der Waals surface area contributed by atoms with Crippen LogP contribution in [-0.4, -0.2) is 86.1 Å². The highest BCUT2D eigenvalue weighted by atomic mass is 16.7. The Bertz CT molecular complexity index is 1060. The molecule has 1 saturated heterocycles. The Hall–Kier alpha value is -2.27. The minimum Gasteiger partial charge on any atom is -0.479 e. The van der Waals surface area contributed by atoms with Crippen molar-refractivity contribution < 1.29 is 43.2 Å². The Morgan fingerprint density at radius 3 is 1.78 bits per heavy atom. The first-order chi connectivity index (χ1) is 28.3. The molecule has 1 heterocycles. The number of aliphatic carboxylic acids is 1. The summed E-state index contributed by atoms with van der Waals surface area (Å²) in [5.41, 5.74) is -1.89. The molecule has 0 aromatic carbocycles. The molecular weight excluding hydrogens is 735 g/mol. The minimum atomic E-state index is -1.89. The maximum absolute atomic E-state index is 13.4. The van der Waals surface area contributed by atoms with Crippen molar-refractivity contribution in [1.82, 2.24) is 4.90 Å². The van der Waals surface area contributed by atoms with Gasteiger partial charge in [-0.1, -0.05) is 148 Å². The van der Waals surface area contributed by atoms with Gasteiger partial charge in [0.15, 0.2) is 12.5 Å². The van der Waals surface area contributed by atoms with Gasteiger partial charge in [0, 0.05) is 38.5 Å². The standard InChI is InChI=1S/C48H87NO9/c1-6-10-13-16-19-20-21-22-23-24-25-26-27-28-31-34-43(50)56-41-42(9-4)48(47(52)53)46(49(5)37-40-57-48)58-44(51)35-36-45(54-38-32-29-17-14-11-7-2)55-39-33-30-18-15-12-8-3/h19-20,22-23,42,45-46H,6-18,21,24-41H2,1-5H3,(H,52,53)/b20-19-,23-22-. The summed E-state index contributed by atoms with van der Waals surface area (Å²) >= 11 is 0. The lowest BCUT2D eigenvalue weighted by atomic mass is 9.82. The lowest BCUT2D eigenvalue weighted by Crippen LogP contribution is -2.68. The second kappa shape index (κ2) is 36.6. The summed E-state index contributed by atoms with van der Waals surface area (Å²) in [5.74, 6) is -2.86. The molecule has 0 aromatic heterocycles. The Labute approximate surface area is 354 Å². The van der Waals surface area contributed by atoms with Crippen LogP contribution >= 0.6 is 0 Å². The van der Waals surface area contributed by atoms with Gasteiger partial charge in [-0.3, -0.25) is 14.5 Å². The number of hydrogen-bond donors (Lipinski definition) is 1. The smallest absolute Gasteiger partial charge is 0.341 e. The van der Waals surface area contributed by atoms with Crippen molar-refractivity contribution in [3.05, 3.63) is 24.3 Å². The molecule has 10 nitrogen and oxygen atoms in total. The zero-order valence-electron chi connectivity index (χ0n) is 37.8. The molecule has 0 saturated carbocycles. The van der Waals surface area contributed by atoms with Crippen LogP contribution in [-0.2, 0) is 38.1 Å². The fourth-order valence-electron chi connectivity index (χ4n) is 7.43. The zero-order valence-corrected chi connectivity index (χ0v) is 37.8. The van der Waals surface area contributed by atoms with Gasteiger partial charge in [-0.15, -0.1) is 0 Å². The molecule has 58 heavy (non-hydrogen) atoms. The van der Waals surface area contributed by atoms with Crippen LogP contribution in [0.2, 0.25) is 0 Å². The fraction of sp³-hybridized carbons (Fsp3) is 0.854. The van der Waals surface area contributed by atoms with Gasteiger partial charge in [0.05, 0.1) is 19.6 Å². The molecule has 0 aliphatic carbocycles. The molecule has 0 aromatic rings. The van der Waals surface area contributed by atoms with E-state index < -0.39 is 36.0 Å². The van der Waals surface area contributed by atoms with E-state index in [9.17, 15) is 19.5 Å². The average Bonchev–Trinajstić information content (AvgIpc) is 3.21. The highest BCUT2D eigenvalue weighted by Crippen LogP contribution is 2.36. The lowest BCUT2D eigenvalue weighted by molar-refractivity contribution is -0.255. The van der Waals surface area contributed by atoms with Crippen molar-refractivity contribution in [2.75, 3.05) is 40.0 Å². The number of ether oxygens (including phenoxy) is 5. The van der Waals surface area contributed by atoms with Crippen LogP contribution in [0.3, 0.4) is 0 Å². The lowest BCUT2D eigenvalue weighted by Gasteiger charge is -2.47. The number of unbranched alkanes of at least 4 members (excludes halogenated alkanes) is 18. The molecule has 3 unspecified atom stereocenters. The average molecular weight is 822 g/mol. The summed E-state index contributed by atoms with van der Waals surface area (Å²) < 4.78 is 29.9. The third-order valence-electron chi connectivity index (χ3n) is 11.2. The second-order valence-electron chi connectivity index (χ2n) is 16.3. The molecule has 1 N–H and O–H groups in total. The van der Waals surface area contributed by atoms with E-state index in [2.05, 4.69) is 45.1 Å². The van der Waals surface area contributed by atoms with E-state index >= 15 is 0 Å². The van der Waals surface area contributed by atoms with Crippen molar-refractivity contribution >= 4 is 17.9 Å². The minimum absolute atomic E-state index is 0.0109. The van der Waals surface area contributed by atoms with Crippen LogP contribution in [0.5, 0.6) is 0 Å². The third kappa shape index (κ3) is 24.7. The number of hydrogen-bond acceptors (Lipinski definition) is 9. The van der Waals surface area contributed by atoms with Crippen LogP contribution in [0, 0.1) is 5.92 Å². The largest absolute Gasteiger partial charge is 0.479 e. The second-order valence-corrected chi connectivity index (χ2v) is 16.3. The van der Waals surface area contributed by atoms with E-state index in [4.69, 9.17) is 23.7 Å². The van der Waals surface area contributed by atoms with Crippen molar-refractivity contribution in [2.45, 2.75) is 219 Å². The molecule has 0 amide bonds. The first-order valence-corrected chi connectivity index (χ1v) is 23.7. The number of carboxylic acids is 1. The maximum atomic E-state index is 13.4. The summed E-state index contributed by atoms with van der Waals surface area (Å²) in [6.45, 7) is 10.0. The molecule has 1 fully saturated rings. The third-order valence-corrected chi connectivity index (χ3v) is 11.2. The topological polar surface area (TPSA) is 121 Å². The quantitative estimate of drug-likeness (QED) is 0.0278. The van der Waals surface area contributed by atoms with Gasteiger partial charge in [0.1, 0.15) is 0 Å². The van der Waals surface area contributed by atoms with Gasteiger partial charge in [-0.25, -0.2) is 4.79 Å². The summed E-state index contributed by atoms with van der Waals surface area (Å²) in [6.07, 6.45) is 34.2. The molecule has 1 aliphatic rings. The van der Waals surface area contributed by atoms with Crippen LogP contribution in [0.1, 0.15) is 201 Å². The Kier molecular flexibility index (Phi) is 33.9. The maximum Gasteiger partial charge on any atom is 0.341 e. The van der Waals surface area contributed by atoms with E-state index in [0.29, 0.717) is 32.6 Å². The Morgan fingerprint density at radius 2 is 1.21 bits per heavy atom.